The highest BCUT2D eigenvalue weighted by Crippen LogP contribution is 2.24. The third kappa shape index (κ3) is 8.22. The Morgan fingerprint density at radius 3 is 2.65 bits per heavy atom. The van der Waals surface area contributed by atoms with Gasteiger partial charge >= 0.3 is 6.61 Å². The van der Waals surface area contributed by atoms with Crippen LogP contribution in [0.4, 0.5) is 8.78 Å². The number of benzene rings is 1. The second-order valence-corrected chi connectivity index (χ2v) is 6.32. The largest absolute Gasteiger partial charge is 0.434 e. The van der Waals surface area contributed by atoms with Crippen LogP contribution in [0, 0.1) is 0 Å². The summed E-state index contributed by atoms with van der Waals surface area (Å²) in [6.45, 7) is 1.43. The van der Waals surface area contributed by atoms with Crippen LogP contribution in [0.5, 0.6) is 5.75 Å². The molecule has 0 saturated carbocycles. The Morgan fingerprint density at radius 1 is 1.27 bits per heavy atom. The number of rotatable bonds is 7. The summed E-state index contributed by atoms with van der Waals surface area (Å²) in [6.07, 6.45) is 3.83. The van der Waals surface area contributed by atoms with Gasteiger partial charge in [-0.15, -0.1) is 24.0 Å². The molecule has 26 heavy (non-hydrogen) atoms. The summed E-state index contributed by atoms with van der Waals surface area (Å²) < 4.78 is 29.5. The lowest BCUT2D eigenvalue weighted by Crippen LogP contribution is -2.42. The standard InChI is InChI=1S/C17H25ClF2N4O.HI/c1-21-17(22-7-10-24-8-3-2-4-9-24)23-12-13-11-14(18)5-6-15(13)25-16(19)20;/h5-6,11,16H,2-4,7-10,12H2,1H3,(H2,21,22,23);1H. The SMILES string of the molecule is CN=C(NCCN1CCCCC1)NCc1cc(Cl)ccc1OC(F)F.I. The Morgan fingerprint density at radius 2 is 2.00 bits per heavy atom. The van der Waals surface area contributed by atoms with Gasteiger partial charge in [0.25, 0.3) is 0 Å². The van der Waals surface area contributed by atoms with Crippen LogP contribution in [0.25, 0.3) is 0 Å². The number of hydrogen-bond donors (Lipinski definition) is 2. The van der Waals surface area contributed by atoms with E-state index >= 15 is 0 Å². The molecule has 1 aromatic carbocycles. The average molecular weight is 503 g/mol. The van der Waals surface area contributed by atoms with Gasteiger partial charge in [-0.3, -0.25) is 4.99 Å². The van der Waals surface area contributed by atoms with Crippen molar-refractivity contribution in [2.45, 2.75) is 32.4 Å². The molecule has 0 spiro atoms. The van der Waals surface area contributed by atoms with E-state index in [2.05, 4.69) is 25.3 Å². The number of guanidine groups is 1. The van der Waals surface area contributed by atoms with Gasteiger partial charge in [-0.25, -0.2) is 0 Å². The van der Waals surface area contributed by atoms with Crippen molar-refractivity contribution in [3.63, 3.8) is 0 Å². The van der Waals surface area contributed by atoms with E-state index in [0.717, 1.165) is 26.2 Å². The number of likely N-dealkylation sites (tertiary alicyclic amines) is 1. The van der Waals surface area contributed by atoms with Gasteiger partial charge in [-0.1, -0.05) is 18.0 Å². The Hall–Kier alpha value is -0.870. The summed E-state index contributed by atoms with van der Waals surface area (Å²) in [6, 6.07) is 4.57. The van der Waals surface area contributed by atoms with Crippen LogP contribution in [0.15, 0.2) is 23.2 Å². The summed E-state index contributed by atoms with van der Waals surface area (Å²) >= 11 is 5.95. The maximum atomic E-state index is 12.5. The highest BCUT2D eigenvalue weighted by Gasteiger charge is 2.12. The molecular formula is C17H26ClF2IN4O. The van der Waals surface area contributed by atoms with Crippen LogP contribution >= 0.6 is 35.6 Å². The van der Waals surface area contributed by atoms with Crippen molar-refractivity contribution in [1.82, 2.24) is 15.5 Å². The van der Waals surface area contributed by atoms with Crippen molar-refractivity contribution in [1.29, 1.82) is 0 Å². The molecule has 9 heteroatoms. The molecule has 1 aliphatic heterocycles. The number of ether oxygens (including phenoxy) is 1. The van der Waals surface area contributed by atoms with Crippen LogP contribution < -0.4 is 15.4 Å². The molecule has 0 unspecified atom stereocenters. The second kappa shape index (κ2) is 12.5. The number of hydrogen-bond acceptors (Lipinski definition) is 3. The van der Waals surface area contributed by atoms with Gasteiger partial charge in [-0.05, 0) is 44.1 Å². The van der Waals surface area contributed by atoms with Crippen molar-refractivity contribution in [2.24, 2.45) is 4.99 Å². The van der Waals surface area contributed by atoms with Crippen LogP contribution in [0.1, 0.15) is 24.8 Å². The average Bonchev–Trinajstić information content (AvgIpc) is 2.60. The van der Waals surface area contributed by atoms with E-state index in [4.69, 9.17) is 11.6 Å². The molecule has 0 atom stereocenters. The van der Waals surface area contributed by atoms with Crippen molar-refractivity contribution >= 4 is 41.5 Å². The Balaban J connectivity index is 0.00000338. The van der Waals surface area contributed by atoms with Gasteiger partial charge in [0, 0.05) is 37.3 Å². The molecule has 2 rings (SSSR count). The summed E-state index contributed by atoms with van der Waals surface area (Å²) in [7, 11) is 1.67. The highest BCUT2D eigenvalue weighted by molar-refractivity contribution is 14.0. The monoisotopic (exact) mass is 502 g/mol. The van der Waals surface area contributed by atoms with E-state index in [1.54, 1.807) is 13.1 Å². The maximum Gasteiger partial charge on any atom is 0.387 e. The van der Waals surface area contributed by atoms with Crippen LogP contribution in [0.3, 0.4) is 0 Å². The molecule has 0 amide bonds. The molecule has 1 fully saturated rings. The number of nitrogens with one attached hydrogen (secondary N) is 2. The molecule has 1 aromatic rings. The molecule has 2 N–H and O–H groups in total. The summed E-state index contributed by atoms with van der Waals surface area (Å²) in [5.74, 6) is 0.718. The topological polar surface area (TPSA) is 48.9 Å². The van der Waals surface area contributed by atoms with E-state index in [-0.39, 0.29) is 36.3 Å². The second-order valence-electron chi connectivity index (χ2n) is 5.89. The molecule has 1 aliphatic rings. The zero-order valence-electron chi connectivity index (χ0n) is 14.8. The minimum Gasteiger partial charge on any atom is -0.434 e. The predicted octanol–water partition coefficient (Wildman–Crippen LogP) is 3.71. The Labute approximate surface area is 175 Å². The lowest BCUT2D eigenvalue weighted by molar-refractivity contribution is -0.0504. The number of alkyl halides is 2. The normalized spacial score (nSPS) is 15.5. The first-order valence-corrected chi connectivity index (χ1v) is 8.86. The van der Waals surface area contributed by atoms with Gasteiger partial charge < -0.3 is 20.3 Å². The fourth-order valence-corrected chi connectivity index (χ4v) is 3.01. The zero-order valence-corrected chi connectivity index (χ0v) is 17.9. The Kier molecular flexibility index (Phi) is 11.1. The fourth-order valence-electron chi connectivity index (χ4n) is 2.81. The summed E-state index contributed by atoms with van der Waals surface area (Å²) in [5, 5.41) is 6.80. The van der Waals surface area contributed by atoms with E-state index in [1.165, 1.54) is 31.4 Å². The van der Waals surface area contributed by atoms with Gasteiger partial charge in [0.1, 0.15) is 5.75 Å². The van der Waals surface area contributed by atoms with Crippen molar-refractivity contribution in [2.75, 3.05) is 33.2 Å². The number of nitrogens with zero attached hydrogens (tertiary/aromatic N) is 2. The molecular weight excluding hydrogens is 477 g/mol. The molecule has 1 heterocycles. The summed E-state index contributed by atoms with van der Waals surface area (Å²) in [5.41, 5.74) is 0.548. The van der Waals surface area contributed by atoms with Crippen LogP contribution in [-0.4, -0.2) is 50.7 Å². The predicted molar refractivity (Wildman–Crippen MR) is 112 cm³/mol. The van der Waals surface area contributed by atoms with Crippen molar-refractivity contribution < 1.29 is 13.5 Å². The van der Waals surface area contributed by atoms with E-state index in [0.29, 0.717) is 16.5 Å². The summed E-state index contributed by atoms with van der Waals surface area (Å²) in [4.78, 5) is 6.58. The lowest BCUT2D eigenvalue weighted by Gasteiger charge is -2.26. The van der Waals surface area contributed by atoms with E-state index in [1.807, 2.05) is 0 Å². The minimum absolute atomic E-state index is 0. The first-order valence-electron chi connectivity index (χ1n) is 8.48. The van der Waals surface area contributed by atoms with Crippen molar-refractivity contribution in [3.05, 3.63) is 28.8 Å². The van der Waals surface area contributed by atoms with Gasteiger partial charge in [-0.2, -0.15) is 8.78 Å². The molecule has 5 nitrogen and oxygen atoms in total. The van der Waals surface area contributed by atoms with Crippen LogP contribution in [0.2, 0.25) is 5.02 Å². The fraction of sp³-hybridized carbons (Fsp3) is 0.588. The number of piperidine rings is 1. The smallest absolute Gasteiger partial charge is 0.387 e. The molecule has 0 aromatic heterocycles. The third-order valence-electron chi connectivity index (χ3n) is 4.08. The first-order chi connectivity index (χ1) is 12.1. The minimum atomic E-state index is -2.87. The molecule has 148 valence electrons. The maximum absolute atomic E-state index is 12.5. The van der Waals surface area contributed by atoms with E-state index < -0.39 is 6.61 Å². The molecule has 0 radical (unpaired) electrons. The number of halogens is 4. The van der Waals surface area contributed by atoms with Gasteiger partial charge in [0.05, 0.1) is 0 Å². The molecule has 1 saturated heterocycles. The van der Waals surface area contributed by atoms with E-state index in [9.17, 15) is 8.78 Å². The van der Waals surface area contributed by atoms with Gasteiger partial charge in [0.2, 0.25) is 0 Å². The third-order valence-corrected chi connectivity index (χ3v) is 4.31. The number of aliphatic imine (C=N–C) groups is 1. The quantitative estimate of drug-likeness (QED) is 0.339. The molecule has 0 aliphatic carbocycles. The lowest BCUT2D eigenvalue weighted by atomic mass is 10.1. The van der Waals surface area contributed by atoms with Crippen LogP contribution in [-0.2, 0) is 6.54 Å². The van der Waals surface area contributed by atoms with Crippen molar-refractivity contribution in [3.8, 4) is 5.75 Å². The highest BCUT2D eigenvalue weighted by atomic mass is 127. The first kappa shape index (κ1) is 23.2. The Bertz CT molecular complexity index is 572. The molecule has 0 bridgehead atoms. The van der Waals surface area contributed by atoms with Gasteiger partial charge in [0.15, 0.2) is 5.96 Å². The zero-order chi connectivity index (χ0) is 18.1.